The van der Waals surface area contributed by atoms with Crippen LogP contribution in [0.15, 0.2) is 0 Å². The zero-order valence-electron chi connectivity index (χ0n) is 6.96. The Balaban J connectivity index is 2.42. The van der Waals surface area contributed by atoms with Gasteiger partial charge in [-0.05, 0) is 18.1 Å². The van der Waals surface area contributed by atoms with Crippen molar-refractivity contribution >= 4 is 11.8 Å². The molecule has 1 nitrogen and oxygen atoms in total. The molecular formula is C8H16OS. The monoisotopic (exact) mass is 160 g/mol. The standard InChI is InChI=1S/C8H16OS/c1-6(2)7-4-9-5-8(7)10-3/h6-8H,4-5H2,1-3H3/t7-,8-/m1/s1. The van der Waals surface area contributed by atoms with Crippen LogP contribution in [0.5, 0.6) is 0 Å². The fraction of sp³-hybridized carbons (Fsp3) is 1.00. The van der Waals surface area contributed by atoms with Gasteiger partial charge in [-0.2, -0.15) is 11.8 Å². The lowest BCUT2D eigenvalue weighted by Crippen LogP contribution is -2.19. The van der Waals surface area contributed by atoms with Gasteiger partial charge in [0.05, 0.1) is 13.2 Å². The molecule has 1 aliphatic rings. The zero-order valence-corrected chi connectivity index (χ0v) is 7.78. The van der Waals surface area contributed by atoms with Crippen LogP contribution in [-0.2, 0) is 4.74 Å². The lowest BCUT2D eigenvalue weighted by Gasteiger charge is -2.18. The number of rotatable bonds is 2. The van der Waals surface area contributed by atoms with Crippen LogP contribution in [0.1, 0.15) is 13.8 Å². The fourth-order valence-electron chi connectivity index (χ4n) is 1.42. The highest BCUT2D eigenvalue weighted by atomic mass is 32.2. The highest BCUT2D eigenvalue weighted by Crippen LogP contribution is 2.29. The molecule has 0 radical (unpaired) electrons. The summed E-state index contributed by atoms with van der Waals surface area (Å²) in [7, 11) is 0. The van der Waals surface area contributed by atoms with Crippen LogP contribution < -0.4 is 0 Å². The topological polar surface area (TPSA) is 9.23 Å². The van der Waals surface area contributed by atoms with Crippen molar-refractivity contribution < 1.29 is 4.74 Å². The highest BCUT2D eigenvalue weighted by molar-refractivity contribution is 7.99. The van der Waals surface area contributed by atoms with E-state index in [-0.39, 0.29) is 0 Å². The van der Waals surface area contributed by atoms with Gasteiger partial charge in [-0.1, -0.05) is 13.8 Å². The van der Waals surface area contributed by atoms with E-state index >= 15 is 0 Å². The number of ether oxygens (including phenoxy) is 1. The van der Waals surface area contributed by atoms with Gasteiger partial charge < -0.3 is 4.74 Å². The molecular weight excluding hydrogens is 144 g/mol. The minimum atomic E-state index is 0.750. The third-order valence-corrected chi connectivity index (χ3v) is 3.32. The van der Waals surface area contributed by atoms with E-state index in [9.17, 15) is 0 Å². The SMILES string of the molecule is CS[C@@H]1COC[C@@H]1C(C)C. The van der Waals surface area contributed by atoms with Crippen molar-refractivity contribution in [2.75, 3.05) is 19.5 Å². The van der Waals surface area contributed by atoms with Gasteiger partial charge in [0.2, 0.25) is 0 Å². The minimum absolute atomic E-state index is 0.750. The van der Waals surface area contributed by atoms with Gasteiger partial charge in [-0.3, -0.25) is 0 Å². The number of thioether (sulfide) groups is 1. The predicted molar refractivity (Wildman–Crippen MR) is 46.5 cm³/mol. The largest absolute Gasteiger partial charge is 0.380 e. The first-order chi connectivity index (χ1) is 4.75. The molecule has 0 aromatic heterocycles. The van der Waals surface area contributed by atoms with Gasteiger partial charge in [0, 0.05) is 5.25 Å². The van der Waals surface area contributed by atoms with Crippen LogP contribution in [0.3, 0.4) is 0 Å². The Morgan fingerprint density at radius 3 is 2.50 bits per heavy atom. The van der Waals surface area contributed by atoms with Gasteiger partial charge in [-0.25, -0.2) is 0 Å². The molecule has 0 N–H and O–H groups in total. The lowest BCUT2D eigenvalue weighted by atomic mass is 9.95. The van der Waals surface area contributed by atoms with Gasteiger partial charge >= 0.3 is 0 Å². The van der Waals surface area contributed by atoms with Crippen molar-refractivity contribution in [1.82, 2.24) is 0 Å². The summed E-state index contributed by atoms with van der Waals surface area (Å²) in [5.41, 5.74) is 0. The van der Waals surface area contributed by atoms with Crippen molar-refractivity contribution in [2.45, 2.75) is 19.1 Å². The molecule has 2 heteroatoms. The van der Waals surface area contributed by atoms with E-state index in [1.807, 2.05) is 11.8 Å². The van der Waals surface area contributed by atoms with Gasteiger partial charge in [0.1, 0.15) is 0 Å². The first kappa shape index (κ1) is 8.41. The van der Waals surface area contributed by atoms with E-state index in [1.54, 1.807) is 0 Å². The summed E-state index contributed by atoms with van der Waals surface area (Å²) in [5, 5.41) is 0.750. The van der Waals surface area contributed by atoms with Gasteiger partial charge in [0.25, 0.3) is 0 Å². The maximum Gasteiger partial charge on any atom is 0.0588 e. The number of hydrogen-bond donors (Lipinski definition) is 0. The minimum Gasteiger partial charge on any atom is -0.380 e. The van der Waals surface area contributed by atoms with Crippen LogP contribution in [0.25, 0.3) is 0 Å². The molecule has 0 aromatic rings. The van der Waals surface area contributed by atoms with Crippen molar-refractivity contribution in [1.29, 1.82) is 0 Å². The lowest BCUT2D eigenvalue weighted by molar-refractivity contribution is 0.177. The van der Waals surface area contributed by atoms with E-state index in [0.29, 0.717) is 0 Å². The molecule has 2 atom stereocenters. The fourth-order valence-corrected chi connectivity index (χ4v) is 2.39. The maximum absolute atomic E-state index is 5.40. The molecule has 0 saturated carbocycles. The van der Waals surface area contributed by atoms with Crippen LogP contribution in [0, 0.1) is 11.8 Å². The van der Waals surface area contributed by atoms with Crippen LogP contribution in [0.4, 0.5) is 0 Å². The summed E-state index contributed by atoms with van der Waals surface area (Å²) in [6.07, 6.45) is 2.18. The first-order valence-electron chi connectivity index (χ1n) is 3.86. The maximum atomic E-state index is 5.40. The van der Waals surface area contributed by atoms with Gasteiger partial charge in [-0.15, -0.1) is 0 Å². The summed E-state index contributed by atoms with van der Waals surface area (Å²) in [6, 6.07) is 0. The number of hydrogen-bond acceptors (Lipinski definition) is 2. The molecule has 0 bridgehead atoms. The molecule has 1 fully saturated rings. The summed E-state index contributed by atoms with van der Waals surface area (Å²) < 4.78 is 5.40. The third-order valence-electron chi connectivity index (χ3n) is 2.23. The quantitative estimate of drug-likeness (QED) is 0.611. The molecule has 0 aliphatic carbocycles. The predicted octanol–water partition coefficient (Wildman–Crippen LogP) is 2.02. The molecule has 10 heavy (non-hydrogen) atoms. The Morgan fingerprint density at radius 2 is 2.10 bits per heavy atom. The van der Waals surface area contributed by atoms with Crippen molar-refractivity contribution in [3.8, 4) is 0 Å². The summed E-state index contributed by atoms with van der Waals surface area (Å²) in [6.45, 7) is 6.50. The van der Waals surface area contributed by atoms with E-state index < -0.39 is 0 Å². The molecule has 0 amide bonds. The second-order valence-electron chi connectivity index (χ2n) is 3.22. The molecule has 0 unspecified atom stereocenters. The molecule has 0 aromatic carbocycles. The van der Waals surface area contributed by atoms with Crippen LogP contribution >= 0.6 is 11.8 Å². The Hall–Kier alpha value is 0.310. The van der Waals surface area contributed by atoms with Gasteiger partial charge in [0.15, 0.2) is 0 Å². The molecule has 1 heterocycles. The van der Waals surface area contributed by atoms with E-state index in [2.05, 4.69) is 20.1 Å². The van der Waals surface area contributed by atoms with Crippen LogP contribution in [0.2, 0.25) is 0 Å². The normalized spacial score (nSPS) is 33.6. The smallest absolute Gasteiger partial charge is 0.0588 e. The van der Waals surface area contributed by atoms with Crippen molar-refractivity contribution in [3.63, 3.8) is 0 Å². The summed E-state index contributed by atoms with van der Waals surface area (Å²) in [5.74, 6) is 1.56. The van der Waals surface area contributed by atoms with E-state index in [4.69, 9.17) is 4.74 Å². The Labute approximate surface area is 67.5 Å². The average Bonchev–Trinajstić information content (AvgIpc) is 2.33. The Morgan fingerprint density at radius 1 is 1.40 bits per heavy atom. The first-order valence-corrected chi connectivity index (χ1v) is 5.15. The third kappa shape index (κ3) is 1.67. The molecule has 60 valence electrons. The van der Waals surface area contributed by atoms with Crippen LogP contribution in [-0.4, -0.2) is 24.7 Å². The molecule has 0 spiro atoms. The zero-order chi connectivity index (χ0) is 7.56. The Kier molecular flexibility index (Phi) is 3.05. The molecule has 1 aliphatic heterocycles. The molecule has 1 saturated heterocycles. The average molecular weight is 160 g/mol. The summed E-state index contributed by atoms with van der Waals surface area (Å²) in [4.78, 5) is 0. The molecule has 1 rings (SSSR count). The highest BCUT2D eigenvalue weighted by Gasteiger charge is 2.29. The van der Waals surface area contributed by atoms with Crippen molar-refractivity contribution in [3.05, 3.63) is 0 Å². The van der Waals surface area contributed by atoms with Crippen molar-refractivity contribution in [2.24, 2.45) is 11.8 Å². The second kappa shape index (κ2) is 3.63. The van der Waals surface area contributed by atoms with E-state index in [1.165, 1.54) is 0 Å². The second-order valence-corrected chi connectivity index (χ2v) is 4.30. The van der Waals surface area contributed by atoms with E-state index in [0.717, 1.165) is 30.3 Å². The summed E-state index contributed by atoms with van der Waals surface area (Å²) >= 11 is 1.94. The Bertz CT molecular complexity index is 103.